The first-order valence-corrected chi connectivity index (χ1v) is 7.87. The van der Waals surface area contributed by atoms with E-state index in [-0.39, 0.29) is 22.9 Å². The van der Waals surface area contributed by atoms with Crippen LogP contribution in [0.3, 0.4) is 0 Å². The van der Waals surface area contributed by atoms with Crippen LogP contribution in [0.15, 0.2) is 0 Å². The molecule has 3 nitrogen and oxygen atoms in total. The van der Waals surface area contributed by atoms with Gasteiger partial charge >= 0.3 is 5.97 Å². The third-order valence-corrected chi connectivity index (χ3v) is 4.67. The number of hydrogen-bond donors (Lipinski definition) is 0. The smallest absolute Gasteiger partial charge is 0.310 e. The Hall–Kier alpha value is -0.160. The molecule has 0 aromatic rings. The van der Waals surface area contributed by atoms with Gasteiger partial charge in [0.1, 0.15) is 5.60 Å². The molecular weight excluding hydrogens is 256 g/mol. The van der Waals surface area contributed by atoms with Crippen molar-refractivity contribution in [3.8, 4) is 0 Å². The monoisotopic (exact) mass is 276 g/mol. The Morgan fingerprint density at radius 1 is 1.35 bits per heavy atom. The lowest BCUT2D eigenvalue weighted by Gasteiger charge is -2.24. The summed E-state index contributed by atoms with van der Waals surface area (Å²) in [7, 11) is 0. The number of rotatable bonds is 3. The van der Waals surface area contributed by atoms with Gasteiger partial charge in [-0.1, -0.05) is 11.8 Å². The molecule has 0 bridgehead atoms. The molecule has 1 aliphatic heterocycles. The lowest BCUT2D eigenvalue weighted by atomic mass is 9.98. The van der Waals surface area contributed by atoms with E-state index < -0.39 is 5.60 Å². The maximum absolute atomic E-state index is 12.0. The van der Waals surface area contributed by atoms with E-state index in [0.29, 0.717) is 0 Å². The summed E-state index contributed by atoms with van der Waals surface area (Å²) in [4.78, 5) is 22.9. The number of ether oxygens (including phenoxy) is 1. The van der Waals surface area contributed by atoms with Crippen LogP contribution in [-0.4, -0.2) is 33.9 Å². The van der Waals surface area contributed by atoms with Crippen molar-refractivity contribution in [2.75, 3.05) is 17.3 Å². The van der Waals surface area contributed by atoms with Crippen LogP contribution in [-0.2, 0) is 14.3 Å². The van der Waals surface area contributed by atoms with Gasteiger partial charge in [0, 0.05) is 18.4 Å². The minimum absolute atomic E-state index is 0.0499. The van der Waals surface area contributed by atoms with E-state index in [4.69, 9.17) is 4.74 Å². The van der Waals surface area contributed by atoms with Crippen LogP contribution >= 0.6 is 23.5 Å². The van der Waals surface area contributed by atoms with Gasteiger partial charge in [0.2, 0.25) is 0 Å². The quantitative estimate of drug-likeness (QED) is 0.741. The molecule has 1 rings (SSSR count). The van der Waals surface area contributed by atoms with Crippen molar-refractivity contribution >= 4 is 34.6 Å². The minimum atomic E-state index is -0.428. The third kappa shape index (κ3) is 5.34. The summed E-state index contributed by atoms with van der Waals surface area (Å²) in [5.41, 5.74) is -0.428. The van der Waals surface area contributed by atoms with Crippen LogP contribution in [0, 0.1) is 11.8 Å². The molecule has 0 saturated carbocycles. The molecule has 17 heavy (non-hydrogen) atoms. The Bertz CT molecular complexity index is 297. The topological polar surface area (TPSA) is 43.4 Å². The third-order valence-electron chi connectivity index (χ3n) is 2.41. The standard InChI is InChI=1S/C12H20O3S2/c1-8(13)17-6-9-5-16-7-10(9)11(14)15-12(2,3)4/h9-10H,5-7H2,1-4H3/t9-,10+/m0/s1. The van der Waals surface area contributed by atoms with Crippen LogP contribution in [0.4, 0.5) is 0 Å². The van der Waals surface area contributed by atoms with Crippen LogP contribution in [0.25, 0.3) is 0 Å². The molecule has 1 aliphatic rings. The van der Waals surface area contributed by atoms with Gasteiger partial charge in [-0.05, 0) is 32.4 Å². The largest absolute Gasteiger partial charge is 0.460 e. The fraction of sp³-hybridized carbons (Fsp3) is 0.833. The number of hydrogen-bond acceptors (Lipinski definition) is 5. The summed E-state index contributed by atoms with van der Waals surface area (Å²) < 4.78 is 5.41. The zero-order valence-corrected chi connectivity index (χ0v) is 12.5. The van der Waals surface area contributed by atoms with Crippen molar-refractivity contribution in [2.45, 2.75) is 33.3 Å². The van der Waals surface area contributed by atoms with E-state index in [2.05, 4.69) is 0 Å². The zero-order valence-electron chi connectivity index (χ0n) is 10.8. The highest BCUT2D eigenvalue weighted by molar-refractivity contribution is 8.13. The first kappa shape index (κ1) is 14.9. The highest BCUT2D eigenvalue weighted by Crippen LogP contribution is 2.34. The SMILES string of the molecule is CC(=O)SC[C@@H]1CSC[C@H]1C(=O)OC(C)(C)C. The summed E-state index contributed by atoms with van der Waals surface area (Å²) in [6.45, 7) is 7.21. The van der Waals surface area contributed by atoms with Crippen LogP contribution in [0.5, 0.6) is 0 Å². The molecule has 0 spiro atoms. The van der Waals surface area contributed by atoms with Gasteiger partial charge in [-0.15, -0.1) is 0 Å². The van der Waals surface area contributed by atoms with Gasteiger partial charge in [-0.2, -0.15) is 11.8 Å². The number of thioether (sulfide) groups is 2. The Balaban J connectivity index is 2.51. The highest BCUT2D eigenvalue weighted by atomic mass is 32.2. The van der Waals surface area contributed by atoms with E-state index in [1.54, 1.807) is 18.7 Å². The van der Waals surface area contributed by atoms with Crippen molar-refractivity contribution in [1.29, 1.82) is 0 Å². The van der Waals surface area contributed by atoms with Gasteiger partial charge in [-0.25, -0.2) is 0 Å². The second-order valence-corrected chi connectivity index (χ2v) is 7.51. The molecule has 1 saturated heterocycles. The average Bonchev–Trinajstić information content (AvgIpc) is 2.59. The summed E-state index contributed by atoms with van der Waals surface area (Å²) in [5, 5.41) is 0.116. The van der Waals surface area contributed by atoms with Gasteiger partial charge in [-0.3, -0.25) is 9.59 Å². The second-order valence-electron chi connectivity index (χ2n) is 5.24. The van der Waals surface area contributed by atoms with E-state index in [1.165, 1.54) is 11.8 Å². The summed E-state index contributed by atoms with van der Waals surface area (Å²) in [6, 6.07) is 0. The molecule has 0 radical (unpaired) electrons. The van der Waals surface area contributed by atoms with Crippen molar-refractivity contribution < 1.29 is 14.3 Å². The molecule has 2 atom stereocenters. The van der Waals surface area contributed by atoms with E-state index in [0.717, 1.165) is 17.3 Å². The molecule has 0 unspecified atom stereocenters. The fourth-order valence-electron chi connectivity index (χ4n) is 1.63. The molecule has 1 fully saturated rings. The lowest BCUT2D eigenvalue weighted by molar-refractivity contribution is -0.160. The molecule has 5 heteroatoms. The Morgan fingerprint density at radius 2 is 2.00 bits per heavy atom. The second kappa shape index (κ2) is 6.14. The van der Waals surface area contributed by atoms with Gasteiger partial charge in [0.25, 0.3) is 0 Å². The highest BCUT2D eigenvalue weighted by Gasteiger charge is 2.36. The van der Waals surface area contributed by atoms with E-state index in [9.17, 15) is 9.59 Å². The molecule has 0 aromatic heterocycles. The average molecular weight is 276 g/mol. The van der Waals surface area contributed by atoms with Crippen LogP contribution < -0.4 is 0 Å². The predicted octanol–water partition coefficient (Wildman–Crippen LogP) is 2.59. The Kier molecular flexibility index (Phi) is 5.38. The molecule has 0 aliphatic carbocycles. The summed E-state index contributed by atoms with van der Waals surface area (Å²) in [5.74, 6) is 2.60. The summed E-state index contributed by atoms with van der Waals surface area (Å²) in [6.07, 6.45) is 0. The van der Waals surface area contributed by atoms with Crippen molar-refractivity contribution in [3.63, 3.8) is 0 Å². The first-order valence-electron chi connectivity index (χ1n) is 5.73. The molecule has 0 amide bonds. The molecular formula is C12H20O3S2. The number of esters is 1. The number of carbonyl (C=O) groups is 2. The van der Waals surface area contributed by atoms with E-state index >= 15 is 0 Å². The molecule has 1 heterocycles. The maximum Gasteiger partial charge on any atom is 0.310 e. The number of carbonyl (C=O) groups excluding carboxylic acids is 2. The Morgan fingerprint density at radius 3 is 2.53 bits per heavy atom. The van der Waals surface area contributed by atoms with Crippen molar-refractivity contribution in [3.05, 3.63) is 0 Å². The molecule has 98 valence electrons. The van der Waals surface area contributed by atoms with Crippen molar-refractivity contribution in [2.24, 2.45) is 11.8 Å². The lowest BCUT2D eigenvalue weighted by Crippen LogP contribution is -2.32. The van der Waals surface area contributed by atoms with Crippen LogP contribution in [0.2, 0.25) is 0 Å². The minimum Gasteiger partial charge on any atom is -0.460 e. The van der Waals surface area contributed by atoms with Crippen LogP contribution in [0.1, 0.15) is 27.7 Å². The first-order chi connectivity index (χ1) is 7.79. The van der Waals surface area contributed by atoms with Crippen molar-refractivity contribution in [1.82, 2.24) is 0 Å². The zero-order chi connectivity index (χ0) is 13.1. The van der Waals surface area contributed by atoms with E-state index in [1.807, 2.05) is 20.8 Å². The van der Waals surface area contributed by atoms with Gasteiger partial charge < -0.3 is 4.74 Å². The summed E-state index contributed by atoms with van der Waals surface area (Å²) >= 11 is 3.08. The molecule has 0 N–H and O–H groups in total. The van der Waals surface area contributed by atoms with Gasteiger partial charge in [0.05, 0.1) is 5.92 Å². The molecule has 0 aromatic carbocycles. The normalized spacial score (nSPS) is 24.7. The predicted molar refractivity (Wildman–Crippen MR) is 73.3 cm³/mol. The van der Waals surface area contributed by atoms with Gasteiger partial charge in [0.15, 0.2) is 5.12 Å². The Labute approximate surface area is 111 Å². The fourth-order valence-corrected chi connectivity index (χ4v) is 4.02. The maximum atomic E-state index is 12.0.